The van der Waals surface area contributed by atoms with Crippen molar-refractivity contribution < 1.29 is 0 Å². The van der Waals surface area contributed by atoms with Gasteiger partial charge < -0.3 is 5.73 Å². The van der Waals surface area contributed by atoms with Crippen molar-refractivity contribution in [3.63, 3.8) is 0 Å². The van der Waals surface area contributed by atoms with E-state index < -0.39 is 0 Å². The molecule has 0 aliphatic rings. The molecule has 0 bridgehead atoms. The largest absolute Gasteiger partial charge is 0.322 e. The Labute approximate surface area is 72.6 Å². The van der Waals surface area contributed by atoms with E-state index in [1.807, 2.05) is 6.92 Å². The molecule has 1 aromatic heterocycles. The molecular weight excluding hydrogens is 152 g/mol. The minimum absolute atomic E-state index is 0.0599. The summed E-state index contributed by atoms with van der Waals surface area (Å²) in [6.07, 6.45) is 1.05. The zero-order valence-electron chi connectivity index (χ0n) is 7.83. The van der Waals surface area contributed by atoms with Crippen LogP contribution >= 0.6 is 0 Å². The molecule has 4 nitrogen and oxygen atoms in total. The lowest BCUT2D eigenvalue weighted by Crippen LogP contribution is -2.07. The molecule has 0 unspecified atom stereocenters. The van der Waals surface area contributed by atoms with Crippen LogP contribution in [0.3, 0.4) is 0 Å². The predicted octanol–water partition coefficient (Wildman–Crippen LogP) is 1.34. The van der Waals surface area contributed by atoms with E-state index in [4.69, 9.17) is 5.73 Å². The van der Waals surface area contributed by atoms with Gasteiger partial charge in [-0.1, -0.05) is 13.8 Å². The molecule has 4 heteroatoms. The molecule has 0 aliphatic heterocycles. The van der Waals surface area contributed by atoms with Gasteiger partial charge in [0.2, 0.25) is 0 Å². The van der Waals surface area contributed by atoms with Crippen LogP contribution < -0.4 is 5.73 Å². The van der Waals surface area contributed by atoms with Crippen molar-refractivity contribution in [3.8, 4) is 0 Å². The Hall–Kier alpha value is -0.900. The lowest BCUT2D eigenvalue weighted by molar-refractivity contribution is 0.680. The number of nitrogens with one attached hydrogen (secondary N) is 1. The third-order valence-corrected chi connectivity index (χ3v) is 2.00. The highest BCUT2D eigenvalue weighted by molar-refractivity contribution is 4.98. The average molecular weight is 168 g/mol. The van der Waals surface area contributed by atoms with E-state index >= 15 is 0 Å². The second kappa shape index (κ2) is 3.67. The van der Waals surface area contributed by atoms with E-state index in [0.29, 0.717) is 5.92 Å². The maximum atomic E-state index is 5.63. The number of H-pyrrole nitrogens is 1. The summed E-state index contributed by atoms with van der Waals surface area (Å²) in [6, 6.07) is -0.0599. The Balaban J connectivity index is 2.77. The summed E-state index contributed by atoms with van der Waals surface area (Å²) in [6.45, 7) is 6.11. The Morgan fingerprint density at radius 1 is 1.50 bits per heavy atom. The third kappa shape index (κ3) is 1.82. The van der Waals surface area contributed by atoms with E-state index in [9.17, 15) is 0 Å². The SMILES string of the molecule is CC[C@@H](C)c1n[nH]c([C@H](C)N)n1. The van der Waals surface area contributed by atoms with Crippen LogP contribution in [0.4, 0.5) is 0 Å². The minimum Gasteiger partial charge on any atom is -0.322 e. The van der Waals surface area contributed by atoms with Gasteiger partial charge in [-0.15, -0.1) is 0 Å². The first-order valence-corrected chi connectivity index (χ1v) is 4.33. The van der Waals surface area contributed by atoms with Gasteiger partial charge in [0.25, 0.3) is 0 Å². The van der Waals surface area contributed by atoms with Gasteiger partial charge in [-0.2, -0.15) is 5.10 Å². The summed E-state index contributed by atoms with van der Waals surface area (Å²) in [5.74, 6) is 2.05. The van der Waals surface area contributed by atoms with Crippen molar-refractivity contribution in [3.05, 3.63) is 11.6 Å². The smallest absolute Gasteiger partial charge is 0.153 e. The molecule has 0 aliphatic carbocycles. The molecule has 68 valence electrons. The molecular formula is C8H16N4. The quantitative estimate of drug-likeness (QED) is 0.715. The number of aromatic amines is 1. The molecule has 0 saturated heterocycles. The first-order chi connectivity index (χ1) is 5.65. The van der Waals surface area contributed by atoms with E-state index in [2.05, 4.69) is 29.0 Å². The molecule has 1 rings (SSSR count). The summed E-state index contributed by atoms with van der Waals surface area (Å²) in [5, 5.41) is 6.93. The summed E-state index contributed by atoms with van der Waals surface area (Å²) in [4.78, 5) is 4.29. The van der Waals surface area contributed by atoms with Crippen LogP contribution in [0.5, 0.6) is 0 Å². The second-order valence-electron chi connectivity index (χ2n) is 3.18. The van der Waals surface area contributed by atoms with Crippen LogP contribution in [0.2, 0.25) is 0 Å². The van der Waals surface area contributed by atoms with Crippen LogP contribution in [-0.2, 0) is 0 Å². The van der Waals surface area contributed by atoms with Crippen LogP contribution in [0.25, 0.3) is 0 Å². The van der Waals surface area contributed by atoms with E-state index in [0.717, 1.165) is 18.1 Å². The first-order valence-electron chi connectivity index (χ1n) is 4.33. The molecule has 0 aromatic carbocycles. The summed E-state index contributed by atoms with van der Waals surface area (Å²) < 4.78 is 0. The average Bonchev–Trinajstić information content (AvgIpc) is 2.51. The van der Waals surface area contributed by atoms with E-state index in [1.54, 1.807) is 0 Å². The van der Waals surface area contributed by atoms with Gasteiger partial charge in [-0.25, -0.2) is 4.98 Å². The van der Waals surface area contributed by atoms with Gasteiger partial charge in [0.15, 0.2) is 5.82 Å². The number of nitrogens with zero attached hydrogens (tertiary/aromatic N) is 2. The minimum atomic E-state index is -0.0599. The Bertz CT molecular complexity index is 241. The second-order valence-corrected chi connectivity index (χ2v) is 3.18. The summed E-state index contributed by atoms with van der Waals surface area (Å²) in [7, 11) is 0. The molecule has 2 atom stereocenters. The normalized spacial score (nSPS) is 16.0. The van der Waals surface area contributed by atoms with Crippen LogP contribution in [0, 0.1) is 0 Å². The molecule has 1 aromatic rings. The van der Waals surface area contributed by atoms with Crippen molar-refractivity contribution >= 4 is 0 Å². The van der Waals surface area contributed by atoms with Gasteiger partial charge >= 0.3 is 0 Å². The number of rotatable bonds is 3. The van der Waals surface area contributed by atoms with E-state index in [-0.39, 0.29) is 6.04 Å². The number of hydrogen-bond acceptors (Lipinski definition) is 3. The fourth-order valence-corrected chi connectivity index (χ4v) is 0.895. The van der Waals surface area contributed by atoms with Gasteiger partial charge in [-0.05, 0) is 13.3 Å². The van der Waals surface area contributed by atoms with Crippen molar-refractivity contribution in [2.24, 2.45) is 5.73 Å². The lowest BCUT2D eigenvalue weighted by atomic mass is 10.1. The van der Waals surface area contributed by atoms with Gasteiger partial charge in [0.05, 0.1) is 6.04 Å². The van der Waals surface area contributed by atoms with E-state index in [1.165, 1.54) is 0 Å². The zero-order valence-corrected chi connectivity index (χ0v) is 7.83. The molecule has 12 heavy (non-hydrogen) atoms. The van der Waals surface area contributed by atoms with Crippen LogP contribution in [-0.4, -0.2) is 15.2 Å². The molecule has 1 heterocycles. The first kappa shape index (κ1) is 9.19. The van der Waals surface area contributed by atoms with Crippen LogP contribution in [0.15, 0.2) is 0 Å². The molecule has 0 amide bonds. The number of aromatic nitrogens is 3. The topological polar surface area (TPSA) is 67.6 Å². The molecule has 0 spiro atoms. The van der Waals surface area contributed by atoms with Crippen molar-refractivity contribution in [2.75, 3.05) is 0 Å². The van der Waals surface area contributed by atoms with Gasteiger partial charge in [-0.3, -0.25) is 5.10 Å². The maximum absolute atomic E-state index is 5.63. The molecule has 0 saturated carbocycles. The molecule has 3 N–H and O–H groups in total. The predicted molar refractivity (Wildman–Crippen MR) is 47.7 cm³/mol. The fraction of sp³-hybridized carbons (Fsp3) is 0.750. The van der Waals surface area contributed by atoms with Gasteiger partial charge in [0, 0.05) is 5.92 Å². The summed E-state index contributed by atoms with van der Waals surface area (Å²) in [5.41, 5.74) is 5.63. The fourth-order valence-electron chi connectivity index (χ4n) is 0.895. The highest BCUT2D eigenvalue weighted by atomic mass is 15.2. The highest BCUT2D eigenvalue weighted by Gasteiger charge is 2.11. The third-order valence-electron chi connectivity index (χ3n) is 2.00. The van der Waals surface area contributed by atoms with Crippen molar-refractivity contribution in [2.45, 2.75) is 39.2 Å². The Morgan fingerprint density at radius 2 is 2.17 bits per heavy atom. The monoisotopic (exact) mass is 168 g/mol. The number of nitrogens with two attached hydrogens (primary N) is 1. The number of hydrogen-bond donors (Lipinski definition) is 2. The Morgan fingerprint density at radius 3 is 2.58 bits per heavy atom. The zero-order chi connectivity index (χ0) is 9.14. The van der Waals surface area contributed by atoms with Crippen LogP contribution in [0.1, 0.15) is 50.8 Å². The van der Waals surface area contributed by atoms with Crippen molar-refractivity contribution in [1.82, 2.24) is 15.2 Å². The Kier molecular flexibility index (Phi) is 2.81. The van der Waals surface area contributed by atoms with Gasteiger partial charge in [0.1, 0.15) is 5.82 Å². The molecule has 0 fully saturated rings. The van der Waals surface area contributed by atoms with Crippen molar-refractivity contribution in [1.29, 1.82) is 0 Å². The lowest BCUT2D eigenvalue weighted by Gasteiger charge is -2.00. The maximum Gasteiger partial charge on any atom is 0.153 e. The molecule has 0 radical (unpaired) electrons. The standard InChI is InChI=1S/C8H16N4/c1-4-5(2)7-10-8(6(3)9)12-11-7/h5-6H,4,9H2,1-3H3,(H,10,11,12)/t5-,6+/m1/s1. The summed E-state index contributed by atoms with van der Waals surface area (Å²) >= 11 is 0. The highest BCUT2D eigenvalue weighted by Crippen LogP contribution is 2.14.